The summed E-state index contributed by atoms with van der Waals surface area (Å²) in [6.45, 7) is 2.00. The second-order valence-corrected chi connectivity index (χ2v) is 7.44. The molecule has 0 aliphatic carbocycles. The number of esters is 1. The minimum absolute atomic E-state index is 0.00336. The maximum atomic E-state index is 13.8. The summed E-state index contributed by atoms with van der Waals surface area (Å²) in [4.78, 5) is 12.9. The van der Waals surface area contributed by atoms with E-state index in [1.165, 1.54) is 19.2 Å². The van der Waals surface area contributed by atoms with Crippen LogP contribution in [-0.4, -0.2) is 13.1 Å². The summed E-state index contributed by atoms with van der Waals surface area (Å²) in [5.41, 5.74) is 2.16. The van der Waals surface area contributed by atoms with Crippen molar-refractivity contribution in [2.24, 2.45) is 0 Å². The van der Waals surface area contributed by atoms with Crippen LogP contribution in [-0.2, 0) is 11.2 Å². The maximum absolute atomic E-state index is 13.8. The van der Waals surface area contributed by atoms with Gasteiger partial charge in [-0.05, 0) is 53.8 Å². The minimum atomic E-state index is -0.497. The Balaban J connectivity index is 2.10. The van der Waals surface area contributed by atoms with Crippen LogP contribution in [0.3, 0.4) is 0 Å². The largest absolute Gasteiger partial charge is 0.465 e. The molecule has 0 fully saturated rings. The van der Waals surface area contributed by atoms with Crippen LogP contribution < -0.4 is 0 Å². The zero-order valence-corrected chi connectivity index (χ0v) is 15.3. The van der Waals surface area contributed by atoms with E-state index in [-0.39, 0.29) is 11.0 Å². The standard InChI is InChI=1S/C18H13Cl2FO2S/c1-9-12(6-11-7-16(21)15(20)8-14(11)19)13-5-10(18(22)23-2)3-4-17(13)24-9/h3-5,7-8H,6H2,1-2H3. The van der Waals surface area contributed by atoms with Gasteiger partial charge in [0, 0.05) is 21.0 Å². The number of aryl methyl sites for hydroxylation is 1. The van der Waals surface area contributed by atoms with Crippen molar-refractivity contribution in [2.75, 3.05) is 7.11 Å². The topological polar surface area (TPSA) is 26.3 Å². The van der Waals surface area contributed by atoms with Crippen LogP contribution >= 0.6 is 34.5 Å². The summed E-state index contributed by atoms with van der Waals surface area (Å²) in [6, 6.07) is 8.21. The third-order valence-corrected chi connectivity index (χ3v) is 5.64. The van der Waals surface area contributed by atoms with Crippen LogP contribution in [0.1, 0.15) is 26.4 Å². The molecule has 0 N–H and O–H groups in total. The van der Waals surface area contributed by atoms with Gasteiger partial charge >= 0.3 is 5.97 Å². The molecule has 3 aromatic rings. The van der Waals surface area contributed by atoms with Gasteiger partial charge in [-0.2, -0.15) is 0 Å². The molecule has 24 heavy (non-hydrogen) atoms. The van der Waals surface area contributed by atoms with Gasteiger partial charge in [-0.1, -0.05) is 23.2 Å². The number of thiophene rings is 1. The van der Waals surface area contributed by atoms with E-state index in [0.717, 1.165) is 20.5 Å². The average molecular weight is 383 g/mol. The van der Waals surface area contributed by atoms with Gasteiger partial charge in [0.15, 0.2) is 0 Å². The molecule has 0 amide bonds. The van der Waals surface area contributed by atoms with E-state index in [0.29, 0.717) is 22.6 Å². The summed E-state index contributed by atoms with van der Waals surface area (Å²) >= 11 is 13.6. The van der Waals surface area contributed by atoms with Gasteiger partial charge in [-0.15, -0.1) is 11.3 Å². The lowest BCUT2D eigenvalue weighted by Gasteiger charge is -2.07. The Morgan fingerprint density at radius 1 is 1.21 bits per heavy atom. The molecule has 2 aromatic carbocycles. The Labute approximate surface area is 152 Å². The van der Waals surface area contributed by atoms with Crippen molar-refractivity contribution in [2.45, 2.75) is 13.3 Å². The van der Waals surface area contributed by atoms with Crippen molar-refractivity contribution in [3.05, 3.63) is 67.8 Å². The maximum Gasteiger partial charge on any atom is 0.337 e. The number of hydrogen-bond acceptors (Lipinski definition) is 3. The molecule has 3 rings (SSSR count). The SMILES string of the molecule is COC(=O)c1ccc2sc(C)c(Cc3cc(F)c(Cl)cc3Cl)c2c1. The number of ether oxygens (including phenoxy) is 1. The van der Waals surface area contributed by atoms with E-state index < -0.39 is 5.82 Å². The molecule has 0 bridgehead atoms. The molecule has 0 aliphatic rings. The molecule has 0 radical (unpaired) electrons. The number of rotatable bonds is 3. The normalized spacial score (nSPS) is 11.0. The molecule has 1 aromatic heterocycles. The first kappa shape index (κ1) is 17.2. The van der Waals surface area contributed by atoms with E-state index in [9.17, 15) is 9.18 Å². The molecule has 0 spiro atoms. The lowest BCUT2D eigenvalue weighted by atomic mass is 10.0. The molecule has 2 nitrogen and oxygen atoms in total. The molecular formula is C18H13Cl2FO2S. The smallest absolute Gasteiger partial charge is 0.337 e. The average Bonchev–Trinajstić information content (AvgIpc) is 2.86. The Kier molecular flexibility index (Phi) is 4.81. The predicted octanol–water partition coefficient (Wildman–Crippen LogP) is 6.03. The Morgan fingerprint density at radius 3 is 2.67 bits per heavy atom. The van der Waals surface area contributed by atoms with Crippen LogP contribution in [0.15, 0.2) is 30.3 Å². The zero-order chi connectivity index (χ0) is 17.4. The fourth-order valence-electron chi connectivity index (χ4n) is 2.63. The first-order valence-corrected chi connectivity index (χ1v) is 8.71. The number of halogens is 3. The van der Waals surface area contributed by atoms with Gasteiger partial charge in [-0.3, -0.25) is 0 Å². The Morgan fingerprint density at radius 2 is 1.96 bits per heavy atom. The molecule has 0 aliphatic heterocycles. The van der Waals surface area contributed by atoms with Crippen LogP contribution in [0.4, 0.5) is 4.39 Å². The predicted molar refractivity (Wildman–Crippen MR) is 97.1 cm³/mol. The van der Waals surface area contributed by atoms with Crippen molar-refractivity contribution in [1.82, 2.24) is 0 Å². The van der Waals surface area contributed by atoms with Crippen LogP contribution in [0, 0.1) is 12.7 Å². The van der Waals surface area contributed by atoms with E-state index in [4.69, 9.17) is 27.9 Å². The van der Waals surface area contributed by atoms with Crippen molar-refractivity contribution in [1.29, 1.82) is 0 Å². The molecule has 6 heteroatoms. The molecule has 0 saturated carbocycles. The molecule has 1 heterocycles. The van der Waals surface area contributed by atoms with E-state index in [1.807, 2.05) is 13.0 Å². The molecule has 0 atom stereocenters. The fraction of sp³-hybridized carbons (Fsp3) is 0.167. The summed E-state index contributed by atoms with van der Waals surface area (Å²) in [5, 5.41) is 1.37. The first-order chi connectivity index (χ1) is 11.4. The highest BCUT2D eigenvalue weighted by Crippen LogP contribution is 2.35. The van der Waals surface area contributed by atoms with Crippen molar-refractivity contribution < 1.29 is 13.9 Å². The van der Waals surface area contributed by atoms with E-state index >= 15 is 0 Å². The monoisotopic (exact) mass is 382 g/mol. The number of fused-ring (bicyclic) bond motifs is 1. The molecule has 0 saturated heterocycles. The number of hydrogen-bond donors (Lipinski definition) is 0. The van der Waals surface area contributed by atoms with Gasteiger partial charge in [-0.25, -0.2) is 9.18 Å². The highest BCUT2D eigenvalue weighted by Gasteiger charge is 2.15. The second-order valence-electron chi connectivity index (χ2n) is 5.37. The molecule has 0 unspecified atom stereocenters. The van der Waals surface area contributed by atoms with Gasteiger partial charge < -0.3 is 4.74 Å². The molecule has 124 valence electrons. The number of methoxy groups -OCH3 is 1. The number of carbonyl (C=O) groups is 1. The van der Waals surface area contributed by atoms with Crippen molar-refractivity contribution in [3.8, 4) is 0 Å². The lowest BCUT2D eigenvalue weighted by molar-refractivity contribution is 0.0601. The Hall–Kier alpha value is -1.62. The summed E-state index contributed by atoms with van der Waals surface area (Å²) < 4.78 is 19.6. The van der Waals surface area contributed by atoms with E-state index in [2.05, 4.69) is 0 Å². The van der Waals surface area contributed by atoms with Crippen molar-refractivity contribution in [3.63, 3.8) is 0 Å². The highest BCUT2D eigenvalue weighted by atomic mass is 35.5. The summed E-state index contributed by atoms with van der Waals surface area (Å²) in [6.07, 6.45) is 0.462. The minimum Gasteiger partial charge on any atom is -0.465 e. The highest BCUT2D eigenvalue weighted by molar-refractivity contribution is 7.19. The first-order valence-electron chi connectivity index (χ1n) is 7.14. The van der Waals surface area contributed by atoms with Gasteiger partial charge in [0.2, 0.25) is 0 Å². The Bertz CT molecular complexity index is 950. The van der Waals surface area contributed by atoms with Gasteiger partial charge in [0.1, 0.15) is 5.82 Å². The fourth-order valence-corrected chi connectivity index (χ4v) is 4.14. The summed E-state index contributed by atoms with van der Waals surface area (Å²) in [5.74, 6) is -0.884. The second kappa shape index (κ2) is 6.71. The van der Waals surface area contributed by atoms with E-state index in [1.54, 1.807) is 23.5 Å². The van der Waals surface area contributed by atoms with Crippen molar-refractivity contribution >= 4 is 50.6 Å². The zero-order valence-electron chi connectivity index (χ0n) is 13.0. The third-order valence-electron chi connectivity index (χ3n) is 3.87. The van der Waals surface area contributed by atoms with Crippen LogP contribution in [0.5, 0.6) is 0 Å². The quantitative estimate of drug-likeness (QED) is 0.408. The van der Waals surface area contributed by atoms with Gasteiger partial charge in [0.05, 0.1) is 17.7 Å². The van der Waals surface area contributed by atoms with Crippen LogP contribution in [0.25, 0.3) is 10.1 Å². The number of carbonyl (C=O) groups excluding carboxylic acids is 1. The lowest BCUT2D eigenvalue weighted by Crippen LogP contribution is -2.00. The van der Waals surface area contributed by atoms with Gasteiger partial charge in [0.25, 0.3) is 0 Å². The third kappa shape index (κ3) is 3.14. The number of benzene rings is 2. The van der Waals surface area contributed by atoms with Crippen LogP contribution in [0.2, 0.25) is 10.0 Å². The molecular weight excluding hydrogens is 370 g/mol. The summed E-state index contributed by atoms with van der Waals surface area (Å²) in [7, 11) is 1.35.